The van der Waals surface area contributed by atoms with E-state index in [0.29, 0.717) is 19.6 Å². The molecule has 6 nitrogen and oxygen atoms in total. The van der Waals surface area contributed by atoms with Gasteiger partial charge in [-0.1, -0.05) is 36.8 Å². The summed E-state index contributed by atoms with van der Waals surface area (Å²) < 4.78 is 5.58. The molecule has 0 bridgehead atoms. The first-order chi connectivity index (χ1) is 13.0. The van der Waals surface area contributed by atoms with Crippen LogP contribution in [0.4, 0.5) is 10.5 Å². The van der Waals surface area contributed by atoms with E-state index in [0.717, 1.165) is 17.0 Å². The maximum absolute atomic E-state index is 12.0. The number of ether oxygens (including phenoxy) is 1. The maximum Gasteiger partial charge on any atom is 0.315 e. The van der Waals surface area contributed by atoms with Gasteiger partial charge in [0.25, 0.3) is 0 Å². The van der Waals surface area contributed by atoms with Gasteiger partial charge in [0.1, 0.15) is 12.4 Å². The first-order valence-electron chi connectivity index (χ1n) is 9.11. The summed E-state index contributed by atoms with van der Waals surface area (Å²) in [5.74, 6) is 0.757. The molecule has 0 saturated carbocycles. The summed E-state index contributed by atoms with van der Waals surface area (Å²) >= 11 is 0. The number of anilines is 1. The topological polar surface area (TPSA) is 79.5 Å². The number of carbonyl (C=O) groups is 2. The van der Waals surface area contributed by atoms with Crippen LogP contribution in [0.1, 0.15) is 37.4 Å². The smallest absolute Gasteiger partial charge is 0.315 e. The molecule has 1 atom stereocenters. The molecule has 0 radical (unpaired) electrons. The zero-order valence-electron chi connectivity index (χ0n) is 16.0. The molecule has 2 rings (SSSR count). The average molecular weight is 369 g/mol. The molecular weight excluding hydrogens is 342 g/mol. The van der Waals surface area contributed by atoms with Crippen molar-refractivity contribution >= 4 is 17.6 Å². The normalized spacial score (nSPS) is 11.4. The molecule has 0 saturated heterocycles. The predicted molar refractivity (Wildman–Crippen MR) is 107 cm³/mol. The van der Waals surface area contributed by atoms with Crippen LogP contribution in [0.5, 0.6) is 5.75 Å². The van der Waals surface area contributed by atoms with E-state index >= 15 is 0 Å². The Balaban J connectivity index is 1.71. The highest BCUT2D eigenvalue weighted by atomic mass is 16.5. The lowest BCUT2D eigenvalue weighted by Gasteiger charge is -2.16. The first-order valence-corrected chi connectivity index (χ1v) is 9.11. The molecule has 0 aliphatic rings. The number of hydrogen-bond donors (Lipinski definition) is 3. The van der Waals surface area contributed by atoms with E-state index in [2.05, 4.69) is 16.0 Å². The summed E-state index contributed by atoms with van der Waals surface area (Å²) in [4.78, 5) is 23.4. The van der Waals surface area contributed by atoms with Crippen LogP contribution in [-0.4, -0.2) is 25.1 Å². The largest absolute Gasteiger partial charge is 0.492 e. The van der Waals surface area contributed by atoms with Crippen LogP contribution in [0.2, 0.25) is 0 Å². The molecule has 0 spiro atoms. The zero-order valence-corrected chi connectivity index (χ0v) is 16.0. The fourth-order valence-corrected chi connectivity index (χ4v) is 2.40. The van der Waals surface area contributed by atoms with Crippen molar-refractivity contribution in [1.29, 1.82) is 0 Å². The van der Waals surface area contributed by atoms with Crippen molar-refractivity contribution in [2.45, 2.75) is 33.2 Å². The highest BCUT2D eigenvalue weighted by Gasteiger charge is 2.09. The van der Waals surface area contributed by atoms with Gasteiger partial charge in [-0.15, -0.1) is 0 Å². The Kier molecular flexibility index (Phi) is 7.67. The van der Waals surface area contributed by atoms with Gasteiger partial charge in [-0.05, 0) is 43.7 Å². The number of amides is 3. The Morgan fingerprint density at radius 1 is 1.04 bits per heavy atom. The standard InChI is InChI=1S/C21H27N3O3/c1-4-20(25)24-18-9-7-17(8-10-18)16(3)23-21(26)22-13-14-27-19-11-5-15(2)6-12-19/h5-12,16H,4,13-14H2,1-3H3,(H,24,25)(H2,22,23,26). The summed E-state index contributed by atoms with van der Waals surface area (Å²) in [5, 5.41) is 8.46. The summed E-state index contributed by atoms with van der Waals surface area (Å²) in [6.45, 7) is 6.54. The Bertz CT molecular complexity index is 742. The predicted octanol–water partition coefficient (Wildman–Crippen LogP) is 3.78. The number of hydrogen-bond acceptors (Lipinski definition) is 3. The van der Waals surface area contributed by atoms with Crippen molar-refractivity contribution in [1.82, 2.24) is 10.6 Å². The van der Waals surface area contributed by atoms with Crippen LogP contribution >= 0.6 is 0 Å². The number of rotatable bonds is 8. The van der Waals surface area contributed by atoms with E-state index in [1.807, 2.05) is 62.4 Å². The van der Waals surface area contributed by atoms with E-state index < -0.39 is 0 Å². The first kappa shape index (κ1) is 20.3. The summed E-state index contributed by atoms with van der Waals surface area (Å²) in [7, 11) is 0. The highest BCUT2D eigenvalue weighted by molar-refractivity contribution is 5.90. The van der Waals surface area contributed by atoms with Crippen LogP contribution in [0, 0.1) is 6.92 Å². The number of benzene rings is 2. The van der Waals surface area contributed by atoms with Crippen LogP contribution in [0.15, 0.2) is 48.5 Å². The van der Waals surface area contributed by atoms with Gasteiger partial charge in [-0.3, -0.25) is 4.79 Å². The minimum Gasteiger partial charge on any atom is -0.492 e. The summed E-state index contributed by atoms with van der Waals surface area (Å²) in [6, 6.07) is 14.8. The molecule has 0 aromatic heterocycles. The molecule has 2 aromatic carbocycles. The second-order valence-corrected chi connectivity index (χ2v) is 6.31. The van der Waals surface area contributed by atoms with Crippen molar-refractivity contribution in [2.75, 3.05) is 18.5 Å². The second-order valence-electron chi connectivity index (χ2n) is 6.31. The van der Waals surface area contributed by atoms with Gasteiger partial charge in [-0.25, -0.2) is 4.79 Å². The van der Waals surface area contributed by atoms with E-state index in [9.17, 15) is 9.59 Å². The number of urea groups is 1. The van der Waals surface area contributed by atoms with Crippen molar-refractivity contribution in [3.8, 4) is 5.75 Å². The zero-order chi connectivity index (χ0) is 19.6. The molecule has 2 aromatic rings. The fourth-order valence-electron chi connectivity index (χ4n) is 2.40. The molecular formula is C21H27N3O3. The second kappa shape index (κ2) is 10.2. The third-order valence-corrected chi connectivity index (χ3v) is 4.04. The Labute approximate surface area is 160 Å². The molecule has 3 N–H and O–H groups in total. The summed E-state index contributed by atoms with van der Waals surface area (Å²) in [5.41, 5.74) is 2.88. The van der Waals surface area contributed by atoms with Gasteiger partial charge in [0, 0.05) is 12.1 Å². The number of nitrogens with one attached hydrogen (secondary N) is 3. The van der Waals surface area contributed by atoms with Crippen molar-refractivity contribution in [3.63, 3.8) is 0 Å². The molecule has 0 aliphatic carbocycles. The van der Waals surface area contributed by atoms with Gasteiger partial charge in [0.15, 0.2) is 0 Å². The molecule has 0 heterocycles. The third-order valence-electron chi connectivity index (χ3n) is 4.04. The van der Waals surface area contributed by atoms with Crippen LogP contribution in [-0.2, 0) is 4.79 Å². The minimum absolute atomic E-state index is 0.0267. The molecule has 144 valence electrons. The van der Waals surface area contributed by atoms with Crippen LogP contribution in [0.3, 0.4) is 0 Å². The molecule has 3 amide bonds. The lowest BCUT2D eigenvalue weighted by Crippen LogP contribution is -2.38. The Morgan fingerprint density at radius 3 is 2.33 bits per heavy atom. The van der Waals surface area contributed by atoms with Crippen molar-refractivity contribution < 1.29 is 14.3 Å². The molecule has 1 unspecified atom stereocenters. The molecule has 0 fully saturated rings. The van der Waals surface area contributed by atoms with Gasteiger partial charge in [0.2, 0.25) is 5.91 Å². The monoisotopic (exact) mass is 369 g/mol. The molecule has 27 heavy (non-hydrogen) atoms. The van der Waals surface area contributed by atoms with E-state index in [1.54, 1.807) is 6.92 Å². The van der Waals surface area contributed by atoms with Gasteiger partial charge < -0.3 is 20.7 Å². The van der Waals surface area contributed by atoms with Gasteiger partial charge in [0.05, 0.1) is 12.6 Å². The minimum atomic E-state index is -0.252. The molecule has 6 heteroatoms. The van der Waals surface area contributed by atoms with E-state index in [-0.39, 0.29) is 18.0 Å². The Hall–Kier alpha value is -3.02. The number of carbonyl (C=O) groups excluding carboxylic acids is 2. The SMILES string of the molecule is CCC(=O)Nc1ccc(C(C)NC(=O)NCCOc2ccc(C)cc2)cc1. The lowest BCUT2D eigenvalue weighted by molar-refractivity contribution is -0.115. The van der Waals surface area contributed by atoms with Crippen LogP contribution in [0.25, 0.3) is 0 Å². The maximum atomic E-state index is 12.0. The molecule has 0 aliphatic heterocycles. The summed E-state index contributed by atoms with van der Waals surface area (Å²) in [6.07, 6.45) is 0.438. The van der Waals surface area contributed by atoms with E-state index in [1.165, 1.54) is 5.56 Å². The van der Waals surface area contributed by atoms with Crippen LogP contribution < -0.4 is 20.7 Å². The van der Waals surface area contributed by atoms with Gasteiger partial charge in [-0.2, -0.15) is 0 Å². The Morgan fingerprint density at radius 2 is 1.70 bits per heavy atom. The highest BCUT2D eigenvalue weighted by Crippen LogP contribution is 2.16. The quantitative estimate of drug-likeness (QED) is 0.620. The number of aryl methyl sites for hydroxylation is 1. The lowest BCUT2D eigenvalue weighted by atomic mass is 10.1. The fraction of sp³-hybridized carbons (Fsp3) is 0.333. The van der Waals surface area contributed by atoms with Crippen molar-refractivity contribution in [2.24, 2.45) is 0 Å². The van der Waals surface area contributed by atoms with Crippen molar-refractivity contribution in [3.05, 3.63) is 59.7 Å². The average Bonchev–Trinajstić information content (AvgIpc) is 2.67. The third kappa shape index (κ3) is 7.01. The van der Waals surface area contributed by atoms with Gasteiger partial charge >= 0.3 is 6.03 Å². The van der Waals surface area contributed by atoms with E-state index in [4.69, 9.17) is 4.74 Å².